The molecule has 0 aliphatic carbocycles. The summed E-state index contributed by atoms with van der Waals surface area (Å²) in [6, 6.07) is 8.05. The van der Waals surface area contributed by atoms with E-state index in [9.17, 15) is 0 Å². The molecular weight excluding hydrogens is 278 g/mol. The van der Waals surface area contributed by atoms with Gasteiger partial charge in [0.2, 0.25) is 0 Å². The van der Waals surface area contributed by atoms with Crippen LogP contribution in [0, 0.1) is 6.92 Å². The molecule has 0 saturated carbocycles. The third kappa shape index (κ3) is 3.04. The van der Waals surface area contributed by atoms with Gasteiger partial charge in [0.15, 0.2) is 0 Å². The van der Waals surface area contributed by atoms with Crippen LogP contribution in [0.1, 0.15) is 12.0 Å². The molecule has 116 valence electrons. The maximum atomic E-state index is 6.01. The van der Waals surface area contributed by atoms with Crippen LogP contribution in [-0.4, -0.2) is 42.4 Å². The number of ether oxygens (including phenoxy) is 2. The van der Waals surface area contributed by atoms with Crippen LogP contribution in [-0.2, 0) is 4.74 Å². The van der Waals surface area contributed by atoms with Crippen molar-refractivity contribution in [1.82, 2.24) is 9.97 Å². The van der Waals surface area contributed by atoms with E-state index >= 15 is 0 Å². The van der Waals surface area contributed by atoms with Crippen molar-refractivity contribution in [1.29, 1.82) is 0 Å². The molecule has 2 aromatic rings. The quantitative estimate of drug-likeness (QED) is 0.849. The molecule has 1 aromatic carbocycles. The summed E-state index contributed by atoms with van der Waals surface area (Å²) in [6.45, 7) is 4.23. The molecule has 1 aromatic heterocycles. The van der Waals surface area contributed by atoms with Gasteiger partial charge in [-0.3, -0.25) is 4.98 Å². The predicted octanol–water partition coefficient (Wildman–Crippen LogP) is 2.46. The van der Waals surface area contributed by atoms with Gasteiger partial charge in [-0.25, -0.2) is 4.98 Å². The molecule has 0 radical (unpaired) electrons. The van der Waals surface area contributed by atoms with Crippen LogP contribution >= 0.6 is 0 Å². The number of anilines is 1. The van der Waals surface area contributed by atoms with Crippen molar-refractivity contribution in [3.8, 4) is 5.75 Å². The van der Waals surface area contributed by atoms with Gasteiger partial charge >= 0.3 is 0 Å². The molecule has 0 unspecified atom stereocenters. The molecule has 3 rings (SSSR count). The minimum Gasteiger partial charge on any atom is -0.490 e. The first-order chi connectivity index (χ1) is 10.7. The fraction of sp³-hybridized carbons (Fsp3) is 0.412. The second-order valence-electron chi connectivity index (χ2n) is 5.68. The number of aryl methyl sites for hydroxylation is 1. The number of hydrogen-bond acceptors (Lipinski definition) is 5. The van der Waals surface area contributed by atoms with Crippen LogP contribution in [0.25, 0.3) is 0 Å². The minimum atomic E-state index is -0.306. The molecule has 2 heterocycles. The van der Waals surface area contributed by atoms with E-state index in [2.05, 4.69) is 27.9 Å². The van der Waals surface area contributed by atoms with E-state index in [1.165, 1.54) is 0 Å². The van der Waals surface area contributed by atoms with Crippen molar-refractivity contribution in [2.75, 3.05) is 31.7 Å². The summed E-state index contributed by atoms with van der Waals surface area (Å²) in [6.07, 6.45) is 6.09. The third-order valence-electron chi connectivity index (χ3n) is 4.21. The Morgan fingerprint density at radius 2 is 2.14 bits per heavy atom. The van der Waals surface area contributed by atoms with E-state index in [0.717, 1.165) is 36.6 Å². The Bertz CT molecular complexity index is 620. The van der Waals surface area contributed by atoms with Crippen LogP contribution in [0.4, 0.5) is 5.82 Å². The summed E-state index contributed by atoms with van der Waals surface area (Å²) in [4.78, 5) is 10.7. The zero-order valence-electron chi connectivity index (χ0n) is 13.0. The molecule has 0 N–H and O–H groups in total. The average molecular weight is 299 g/mol. The normalized spacial score (nSPS) is 21.1. The van der Waals surface area contributed by atoms with Crippen LogP contribution in [0.3, 0.4) is 0 Å². The Labute approximate surface area is 130 Å². The number of rotatable bonds is 5. The lowest BCUT2D eigenvalue weighted by atomic mass is 10.0. The highest BCUT2D eigenvalue weighted by Gasteiger charge is 2.40. The van der Waals surface area contributed by atoms with Crippen LogP contribution < -0.4 is 9.64 Å². The smallest absolute Gasteiger partial charge is 0.147 e. The second-order valence-corrected chi connectivity index (χ2v) is 5.68. The van der Waals surface area contributed by atoms with Crippen LogP contribution in [0.15, 0.2) is 42.9 Å². The van der Waals surface area contributed by atoms with Gasteiger partial charge in [-0.1, -0.05) is 18.2 Å². The standard InChI is InChI=1S/C17H21N3O2/c1-14-5-3-4-6-15(14)22-13-17(21-2)7-10-20(12-17)16-11-18-8-9-19-16/h3-6,8-9,11H,7,10,12-13H2,1-2H3/t17-/m0/s1. The number of methoxy groups -OCH3 is 1. The SMILES string of the molecule is CO[C@@]1(COc2ccccc2C)CCN(c2cnccn2)C1. The Kier molecular flexibility index (Phi) is 4.24. The van der Waals surface area contributed by atoms with Crippen molar-refractivity contribution >= 4 is 5.82 Å². The van der Waals surface area contributed by atoms with Crippen molar-refractivity contribution in [3.63, 3.8) is 0 Å². The molecule has 1 saturated heterocycles. The number of para-hydroxylation sites is 1. The molecule has 0 spiro atoms. The summed E-state index contributed by atoms with van der Waals surface area (Å²) >= 11 is 0. The lowest BCUT2D eigenvalue weighted by Gasteiger charge is -2.28. The lowest BCUT2D eigenvalue weighted by Crippen LogP contribution is -2.41. The summed E-state index contributed by atoms with van der Waals surface area (Å²) in [5.74, 6) is 1.80. The van der Waals surface area contributed by atoms with Crippen molar-refractivity contribution in [3.05, 3.63) is 48.4 Å². The van der Waals surface area contributed by atoms with Gasteiger partial charge in [-0.2, -0.15) is 0 Å². The number of benzene rings is 1. The van der Waals surface area contributed by atoms with E-state index in [4.69, 9.17) is 9.47 Å². The zero-order chi connectivity index (χ0) is 15.4. The zero-order valence-corrected chi connectivity index (χ0v) is 13.0. The van der Waals surface area contributed by atoms with Gasteiger partial charge in [0.05, 0.1) is 12.7 Å². The molecular formula is C17H21N3O2. The van der Waals surface area contributed by atoms with Crippen molar-refractivity contribution in [2.24, 2.45) is 0 Å². The molecule has 5 heteroatoms. The minimum absolute atomic E-state index is 0.306. The Balaban J connectivity index is 1.68. The number of nitrogens with zero attached hydrogens (tertiary/aromatic N) is 3. The van der Waals surface area contributed by atoms with Crippen LogP contribution in [0.2, 0.25) is 0 Å². The van der Waals surface area contributed by atoms with E-state index in [0.29, 0.717) is 6.61 Å². The highest BCUT2D eigenvalue weighted by molar-refractivity contribution is 5.38. The fourth-order valence-electron chi connectivity index (χ4n) is 2.77. The molecule has 22 heavy (non-hydrogen) atoms. The first-order valence-corrected chi connectivity index (χ1v) is 7.47. The van der Waals surface area contributed by atoms with Gasteiger partial charge in [0, 0.05) is 26.0 Å². The fourth-order valence-corrected chi connectivity index (χ4v) is 2.77. The monoisotopic (exact) mass is 299 g/mol. The Morgan fingerprint density at radius 1 is 1.27 bits per heavy atom. The third-order valence-corrected chi connectivity index (χ3v) is 4.21. The van der Waals surface area contributed by atoms with E-state index < -0.39 is 0 Å². The van der Waals surface area contributed by atoms with Crippen LogP contribution in [0.5, 0.6) is 5.75 Å². The van der Waals surface area contributed by atoms with Gasteiger partial charge in [-0.15, -0.1) is 0 Å². The summed E-state index contributed by atoms with van der Waals surface area (Å²) < 4.78 is 11.8. The topological polar surface area (TPSA) is 47.5 Å². The maximum absolute atomic E-state index is 6.01. The molecule has 1 aliphatic heterocycles. The molecule has 0 bridgehead atoms. The highest BCUT2D eigenvalue weighted by atomic mass is 16.5. The Morgan fingerprint density at radius 3 is 2.86 bits per heavy atom. The van der Waals surface area contributed by atoms with E-state index in [-0.39, 0.29) is 5.60 Å². The highest BCUT2D eigenvalue weighted by Crippen LogP contribution is 2.29. The van der Waals surface area contributed by atoms with E-state index in [1.54, 1.807) is 25.7 Å². The largest absolute Gasteiger partial charge is 0.490 e. The molecule has 1 fully saturated rings. The predicted molar refractivity (Wildman–Crippen MR) is 85.3 cm³/mol. The summed E-state index contributed by atoms with van der Waals surface area (Å²) in [7, 11) is 1.75. The number of aromatic nitrogens is 2. The first kappa shape index (κ1) is 14.8. The maximum Gasteiger partial charge on any atom is 0.147 e. The van der Waals surface area contributed by atoms with Gasteiger partial charge < -0.3 is 14.4 Å². The van der Waals surface area contributed by atoms with Gasteiger partial charge in [0.25, 0.3) is 0 Å². The van der Waals surface area contributed by atoms with Gasteiger partial charge in [-0.05, 0) is 25.0 Å². The first-order valence-electron chi connectivity index (χ1n) is 7.47. The Hall–Kier alpha value is -2.14. The average Bonchev–Trinajstić information content (AvgIpc) is 3.00. The van der Waals surface area contributed by atoms with E-state index in [1.807, 2.05) is 18.2 Å². The second kappa shape index (κ2) is 6.32. The summed E-state index contributed by atoms with van der Waals surface area (Å²) in [5, 5.41) is 0. The lowest BCUT2D eigenvalue weighted by molar-refractivity contribution is -0.0270. The summed E-state index contributed by atoms with van der Waals surface area (Å²) in [5.41, 5.74) is 0.831. The molecule has 0 amide bonds. The van der Waals surface area contributed by atoms with Crippen molar-refractivity contribution < 1.29 is 9.47 Å². The molecule has 1 aliphatic rings. The number of hydrogen-bond donors (Lipinski definition) is 0. The van der Waals surface area contributed by atoms with Gasteiger partial charge in [0.1, 0.15) is 23.8 Å². The van der Waals surface area contributed by atoms with Crippen molar-refractivity contribution in [2.45, 2.75) is 18.9 Å². The molecule has 5 nitrogen and oxygen atoms in total. The molecule has 1 atom stereocenters.